The number of aromatic hydroxyl groups is 2. The average molecular weight is 143 g/mol. The number of rotatable bonds is 2. The molecule has 1 rings (SSSR count). The molecule has 0 aliphatic carbocycles. The molecule has 0 saturated carbocycles. The van der Waals surface area contributed by atoms with Crippen molar-refractivity contribution in [3.63, 3.8) is 0 Å². The number of aromatic nitrogens is 1. The molecule has 54 valence electrons. The molecule has 0 aliphatic heterocycles. The number of hydrogen-bond donors (Lipinski definition) is 3. The third-order valence-corrected chi connectivity index (χ3v) is 0.923. The molecule has 0 aromatic carbocycles. The summed E-state index contributed by atoms with van der Waals surface area (Å²) in [5.74, 6) is -0.716. The third-order valence-electron chi connectivity index (χ3n) is 0.923. The van der Waals surface area contributed by atoms with Gasteiger partial charge in [0.05, 0.1) is 0 Å². The van der Waals surface area contributed by atoms with Gasteiger partial charge < -0.3 is 14.9 Å². The number of aromatic amines is 1. The molecule has 0 fully saturated rings. The second kappa shape index (κ2) is 2.30. The molecule has 0 unspecified atom stereocenters. The van der Waals surface area contributed by atoms with Crippen LogP contribution in [0, 0.1) is 0 Å². The van der Waals surface area contributed by atoms with Gasteiger partial charge in [0, 0.05) is 6.07 Å². The SMILES string of the molecule is O=COc1cc(O)[nH]c1O. The van der Waals surface area contributed by atoms with Crippen LogP contribution >= 0.6 is 0 Å². The molecular weight excluding hydrogens is 138 g/mol. The zero-order chi connectivity index (χ0) is 7.56. The van der Waals surface area contributed by atoms with E-state index in [2.05, 4.69) is 9.72 Å². The Morgan fingerprint density at radius 3 is 2.70 bits per heavy atom. The Morgan fingerprint density at radius 2 is 2.30 bits per heavy atom. The zero-order valence-corrected chi connectivity index (χ0v) is 4.87. The molecule has 0 atom stereocenters. The predicted octanol–water partition coefficient (Wildman–Crippen LogP) is -0.0389. The van der Waals surface area contributed by atoms with Gasteiger partial charge in [-0.3, -0.25) is 9.78 Å². The van der Waals surface area contributed by atoms with E-state index >= 15 is 0 Å². The Balaban J connectivity index is 2.91. The van der Waals surface area contributed by atoms with Crippen LogP contribution in [0.2, 0.25) is 0 Å². The average Bonchev–Trinajstić information content (AvgIpc) is 2.13. The minimum Gasteiger partial charge on any atom is -0.494 e. The van der Waals surface area contributed by atoms with E-state index in [9.17, 15) is 4.79 Å². The summed E-state index contributed by atoms with van der Waals surface area (Å²) in [6.45, 7) is 0.155. The maximum Gasteiger partial charge on any atom is 0.298 e. The van der Waals surface area contributed by atoms with Crippen molar-refractivity contribution in [2.75, 3.05) is 0 Å². The molecule has 1 aromatic heterocycles. The largest absolute Gasteiger partial charge is 0.494 e. The molecule has 10 heavy (non-hydrogen) atoms. The van der Waals surface area contributed by atoms with Crippen molar-refractivity contribution >= 4 is 6.47 Å². The van der Waals surface area contributed by atoms with E-state index in [4.69, 9.17) is 10.2 Å². The monoisotopic (exact) mass is 143 g/mol. The van der Waals surface area contributed by atoms with E-state index in [0.717, 1.165) is 6.07 Å². The van der Waals surface area contributed by atoms with Crippen LogP contribution in [0.15, 0.2) is 6.07 Å². The third kappa shape index (κ3) is 1.02. The van der Waals surface area contributed by atoms with Crippen LogP contribution in [-0.4, -0.2) is 21.7 Å². The molecule has 5 nitrogen and oxygen atoms in total. The summed E-state index contributed by atoms with van der Waals surface area (Å²) in [7, 11) is 0. The normalized spacial score (nSPS) is 9.20. The van der Waals surface area contributed by atoms with Gasteiger partial charge in [0.2, 0.25) is 5.88 Å². The first-order chi connectivity index (χ1) is 4.74. The van der Waals surface area contributed by atoms with Gasteiger partial charge in [0.25, 0.3) is 6.47 Å². The van der Waals surface area contributed by atoms with Crippen LogP contribution in [0.25, 0.3) is 0 Å². The molecule has 5 heteroatoms. The van der Waals surface area contributed by atoms with E-state index in [1.807, 2.05) is 0 Å². The highest BCUT2D eigenvalue weighted by Gasteiger charge is 2.05. The van der Waals surface area contributed by atoms with E-state index in [1.54, 1.807) is 0 Å². The van der Waals surface area contributed by atoms with Gasteiger partial charge in [-0.05, 0) is 0 Å². The van der Waals surface area contributed by atoms with Crippen LogP contribution in [0.5, 0.6) is 17.5 Å². The summed E-state index contributed by atoms with van der Waals surface area (Å²) in [5, 5.41) is 17.4. The van der Waals surface area contributed by atoms with Crippen LogP contribution in [0.3, 0.4) is 0 Å². The lowest BCUT2D eigenvalue weighted by Gasteiger charge is -1.89. The Kier molecular flexibility index (Phi) is 1.49. The quantitative estimate of drug-likeness (QED) is 0.507. The van der Waals surface area contributed by atoms with Gasteiger partial charge in [-0.2, -0.15) is 0 Å². The molecule has 0 bridgehead atoms. The van der Waals surface area contributed by atoms with Crippen LogP contribution in [-0.2, 0) is 4.79 Å². The lowest BCUT2D eigenvalue weighted by molar-refractivity contribution is -0.120. The second-order valence-electron chi connectivity index (χ2n) is 1.58. The van der Waals surface area contributed by atoms with E-state index < -0.39 is 0 Å². The maximum atomic E-state index is 9.71. The Labute approximate surface area is 55.9 Å². The van der Waals surface area contributed by atoms with Crippen molar-refractivity contribution in [1.82, 2.24) is 4.98 Å². The van der Waals surface area contributed by atoms with E-state index in [1.165, 1.54) is 0 Å². The maximum absolute atomic E-state index is 9.71. The van der Waals surface area contributed by atoms with Crippen molar-refractivity contribution in [2.45, 2.75) is 0 Å². The standard InChI is InChI=1S/C5H5NO4/c7-2-10-3-1-4(8)6-5(3)9/h1-2,6,8-9H. The Bertz CT molecular complexity index is 242. The second-order valence-corrected chi connectivity index (χ2v) is 1.58. The lowest BCUT2D eigenvalue weighted by atomic mass is 10.6. The van der Waals surface area contributed by atoms with E-state index in [-0.39, 0.29) is 24.0 Å². The van der Waals surface area contributed by atoms with Crippen molar-refractivity contribution < 1.29 is 19.7 Å². The number of H-pyrrole nitrogens is 1. The van der Waals surface area contributed by atoms with Gasteiger partial charge >= 0.3 is 0 Å². The van der Waals surface area contributed by atoms with Crippen molar-refractivity contribution in [1.29, 1.82) is 0 Å². The van der Waals surface area contributed by atoms with Crippen molar-refractivity contribution in [2.24, 2.45) is 0 Å². The summed E-state index contributed by atoms with van der Waals surface area (Å²) < 4.78 is 4.24. The fraction of sp³-hybridized carbons (Fsp3) is 0. The van der Waals surface area contributed by atoms with Gasteiger partial charge in [0.15, 0.2) is 11.6 Å². The summed E-state index contributed by atoms with van der Waals surface area (Å²) in [5.41, 5.74) is 0. The fourth-order valence-electron chi connectivity index (χ4n) is 0.553. The van der Waals surface area contributed by atoms with Gasteiger partial charge in [0.1, 0.15) is 0 Å². The number of carbonyl (C=O) groups excluding carboxylic acids is 1. The number of nitrogens with one attached hydrogen (secondary N) is 1. The van der Waals surface area contributed by atoms with Crippen molar-refractivity contribution in [3.8, 4) is 17.5 Å². The van der Waals surface area contributed by atoms with Crippen molar-refractivity contribution in [3.05, 3.63) is 6.07 Å². The lowest BCUT2D eigenvalue weighted by Crippen LogP contribution is -1.85. The smallest absolute Gasteiger partial charge is 0.298 e. The summed E-state index contributed by atoms with van der Waals surface area (Å²) in [4.78, 5) is 11.8. The highest BCUT2D eigenvalue weighted by molar-refractivity contribution is 5.50. The fourth-order valence-corrected chi connectivity index (χ4v) is 0.553. The molecular formula is C5H5NO4. The van der Waals surface area contributed by atoms with E-state index in [0.29, 0.717) is 0 Å². The first kappa shape index (κ1) is 6.47. The number of hydrogen-bond acceptors (Lipinski definition) is 4. The van der Waals surface area contributed by atoms with Crippen LogP contribution in [0.4, 0.5) is 0 Å². The molecule has 0 amide bonds. The summed E-state index contributed by atoms with van der Waals surface area (Å²) in [6.07, 6.45) is 0. The zero-order valence-electron chi connectivity index (χ0n) is 4.87. The molecule has 0 spiro atoms. The molecule has 0 radical (unpaired) electrons. The molecule has 0 saturated heterocycles. The van der Waals surface area contributed by atoms with Crippen LogP contribution < -0.4 is 4.74 Å². The molecule has 0 aliphatic rings. The predicted molar refractivity (Wildman–Crippen MR) is 30.8 cm³/mol. The number of ether oxygens (including phenoxy) is 1. The topological polar surface area (TPSA) is 82.5 Å². The molecule has 3 N–H and O–H groups in total. The Hall–Kier alpha value is -1.65. The minimum absolute atomic E-state index is 0.0903. The first-order valence-electron chi connectivity index (χ1n) is 2.45. The van der Waals surface area contributed by atoms with Gasteiger partial charge in [-0.25, -0.2) is 0 Å². The Morgan fingerprint density at radius 1 is 1.60 bits per heavy atom. The molecule has 1 heterocycles. The first-order valence-corrected chi connectivity index (χ1v) is 2.45. The highest BCUT2D eigenvalue weighted by atomic mass is 16.5. The number of carbonyl (C=O) groups is 1. The highest BCUT2D eigenvalue weighted by Crippen LogP contribution is 2.28. The van der Waals surface area contributed by atoms with Crippen LogP contribution in [0.1, 0.15) is 0 Å². The van der Waals surface area contributed by atoms with Gasteiger partial charge in [-0.15, -0.1) is 0 Å². The minimum atomic E-state index is -0.371. The summed E-state index contributed by atoms with van der Waals surface area (Å²) >= 11 is 0. The van der Waals surface area contributed by atoms with Gasteiger partial charge in [-0.1, -0.05) is 0 Å². The molecule has 1 aromatic rings. The summed E-state index contributed by atoms with van der Waals surface area (Å²) in [6, 6.07) is 1.09.